The Kier molecular flexibility index (Phi) is 6.71. The van der Waals surface area contributed by atoms with Gasteiger partial charge in [0.15, 0.2) is 11.5 Å². The Balaban J connectivity index is 2.11. The van der Waals surface area contributed by atoms with Gasteiger partial charge in [-0.3, -0.25) is 4.79 Å². The topological polar surface area (TPSA) is 73.6 Å². The Hall–Kier alpha value is -1.75. The summed E-state index contributed by atoms with van der Waals surface area (Å²) in [6.07, 6.45) is 5.66. The first kappa shape index (κ1) is 19.6. The Labute approximate surface area is 151 Å². The summed E-state index contributed by atoms with van der Waals surface area (Å²) in [4.78, 5) is 12.7. The number of nitrogens with two attached hydrogens (primary N) is 1. The van der Waals surface area contributed by atoms with Crippen LogP contribution >= 0.6 is 0 Å². The molecule has 0 radical (unpaired) electrons. The van der Waals surface area contributed by atoms with E-state index in [1.807, 2.05) is 13.0 Å². The molecule has 1 aromatic rings. The number of amides is 1. The fourth-order valence-electron chi connectivity index (χ4n) is 3.52. The highest BCUT2D eigenvalue weighted by molar-refractivity contribution is 5.95. The number of hydrogen-bond donors (Lipinski definition) is 2. The van der Waals surface area contributed by atoms with E-state index >= 15 is 0 Å². The molecule has 0 bridgehead atoms. The highest BCUT2D eigenvalue weighted by Gasteiger charge is 2.27. The second-order valence-corrected chi connectivity index (χ2v) is 7.71. The third-order valence-corrected chi connectivity index (χ3v) is 4.75. The molecule has 1 aliphatic carbocycles. The predicted molar refractivity (Wildman–Crippen MR) is 100 cm³/mol. The molecule has 3 N–H and O–H groups in total. The van der Waals surface area contributed by atoms with Gasteiger partial charge in [0.1, 0.15) is 0 Å². The normalized spacial score (nSPS) is 17.4. The number of hydrogen-bond acceptors (Lipinski definition) is 4. The van der Waals surface area contributed by atoms with Gasteiger partial charge in [0.25, 0.3) is 5.91 Å². The molecule has 1 fully saturated rings. The van der Waals surface area contributed by atoms with Gasteiger partial charge in [-0.25, -0.2) is 0 Å². The minimum absolute atomic E-state index is 0.140. The lowest BCUT2D eigenvalue weighted by Gasteiger charge is -2.31. The molecular formula is C20H32N2O3. The lowest BCUT2D eigenvalue weighted by molar-refractivity contribution is 0.0897. The lowest BCUT2D eigenvalue weighted by atomic mass is 9.90. The standard InChI is InChI=1S/C20H32N2O3/c1-14(2)12-20(3,13-21)22-19(23)15-9-10-17(18(11-15)24-4)25-16-7-5-6-8-16/h9-11,14,16H,5-8,12-13,21H2,1-4H3,(H,22,23). The van der Waals surface area contributed by atoms with Gasteiger partial charge in [0, 0.05) is 17.6 Å². The minimum atomic E-state index is -0.419. The van der Waals surface area contributed by atoms with Crippen molar-refractivity contribution in [2.75, 3.05) is 13.7 Å². The second kappa shape index (κ2) is 8.56. The van der Waals surface area contributed by atoms with E-state index in [9.17, 15) is 4.79 Å². The van der Waals surface area contributed by atoms with E-state index < -0.39 is 5.54 Å². The zero-order valence-electron chi connectivity index (χ0n) is 15.9. The van der Waals surface area contributed by atoms with Gasteiger partial charge < -0.3 is 20.5 Å². The van der Waals surface area contributed by atoms with E-state index in [4.69, 9.17) is 15.2 Å². The first-order valence-corrected chi connectivity index (χ1v) is 9.24. The summed E-state index contributed by atoms with van der Waals surface area (Å²) in [5.41, 5.74) is 6.03. The van der Waals surface area contributed by atoms with Crippen molar-refractivity contribution in [2.45, 2.75) is 64.5 Å². The fourth-order valence-corrected chi connectivity index (χ4v) is 3.52. The van der Waals surface area contributed by atoms with Gasteiger partial charge in [-0.05, 0) is 63.1 Å². The van der Waals surface area contributed by atoms with Crippen LogP contribution in [0.15, 0.2) is 18.2 Å². The number of carbonyl (C=O) groups excluding carboxylic acids is 1. The molecule has 2 rings (SSSR count). The maximum Gasteiger partial charge on any atom is 0.251 e. The molecule has 1 atom stereocenters. The van der Waals surface area contributed by atoms with Gasteiger partial charge >= 0.3 is 0 Å². The summed E-state index contributed by atoms with van der Waals surface area (Å²) in [6, 6.07) is 5.36. The van der Waals surface area contributed by atoms with Crippen LogP contribution in [0.3, 0.4) is 0 Å². The highest BCUT2D eigenvalue weighted by Crippen LogP contribution is 2.32. The SMILES string of the molecule is COc1cc(C(=O)NC(C)(CN)CC(C)C)ccc1OC1CCCC1. The van der Waals surface area contributed by atoms with Crippen LogP contribution in [0.4, 0.5) is 0 Å². The van der Waals surface area contributed by atoms with E-state index in [0.717, 1.165) is 19.3 Å². The molecule has 0 saturated heterocycles. The van der Waals surface area contributed by atoms with Crippen molar-refractivity contribution >= 4 is 5.91 Å². The fraction of sp³-hybridized carbons (Fsp3) is 0.650. The van der Waals surface area contributed by atoms with Crippen LogP contribution in [0.5, 0.6) is 11.5 Å². The third kappa shape index (κ3) is 5.36. The van der Waals surface area contributed by atoms with Crippen molar-refractivity contribution in [1.82, 2.24) is 5.32 Å². The van der Waals surface area contributed by atoms with Crippen LogP contribution < -0.4 is 20.5 Å². The molecule has 140 valence electrons. The van der Waals surface area contributed by atoms with E-state index in [1.54, 1.807) is 19.2 Å². The maximum atomic E-state index is 12.7. The van der Waals surface area contributed by atoms with Crippen LogP contribution in [0.2, 0.25) is 0 Å². The summed E-state index contributed by atoms with van der Waals surface area (Å²) in [5, 5.41) is 3.07. The van der Waals surface area contributed by atoms with Gasteiger partial charge in [0.05, 0.1) is 13.2 Å². The molecule has 0 spiro atoms. The quantitative estimate of drug-likeness (QED) is 0.754. The Morgan fingerprint density at radius 2 is 2.00 bits per heavy atom. The Morgan fingerprint density at radius 1 is 1.32 bits per heavy atom. The van der Waals surface area contributed by atoms with Gasteiger partial charge in [-0.1, -0.05) is 13.8 Å². The second-order valence-electron chi connectivity index (χ2n) is 7.71. The molecular weight excluding hydrogens is 316 g/mol. The average molecular weight is 348 g/mol. The Morgan fingerprint density at radius 3 is 2.56 bits per heavy atom. The summed E-state index contributed by atoms with van der Waals surface area (Å²) in [5.74, 6) is 1.61. The Bertz CT molecular complexity index is 582. The zero-order chi connectivity index (χ0) is 18.4. The minimum Gasteiger partial charge on any atom is -0.493 e. The first-order valence-electron chi connectivity index (χ1n) is 9.24. The molecule has 5 heteroatoms. The number of methoxy groups -OCH3 is 1. The monoisotopic (exact) mass is 348 g/mol. The van der Waals surface area contributed by atoms with Crippen LogP contribution in [-0.2, 0) is 0 Å². The van der Waals surface area contributed by atoms with Crippen LogP contribution in [0.25, 0.3) is 0 Å². The van der Waals surface area contributed by atoms with E-state index in [2.05, 4.69) is 19.2 Å². The predicted octanol–water partition coefficient (Wildman–Crippen LogP) is 3.51. The third-order valence-electron chi connectivity index (χ3n) is 4.75. The van der Waals surface area contributed by atoms with Crippen LogP contribution in [0.1, 0.15) is 63.2 Å². The molecule has 1 aromatic carbocycles. The van der Waals surface area contributed by atoms with Crippen LogP contribution in [0, 0.1) is 5.92 Å². The molecule has 5 nitrogen and oxygen atoms in total. The average Bonchev–Trinajstić information content (AvgIpc) is 3.07. The van der Waals surface area contributed by atoms with E-state index in [0.29, 0.717) is 29.5 Å². The molecule has 0 aromatic heterocycles. The molecule has 0 aliphatic heterocycles. The largest absolute Gasteiger partial charge is 0.493 e. The summed E-state index contributed by atoms with van der Waals surface area (Å²) in [7, 11) is 1.60. The van der Waals surface area contributed by atoms with Crippen molar-refractivity contribution in [3.05, 3.63) is 23.8 Å². The summed E-state index contributed by atoms with van der Waals surface area (Å²) in [6.45, 7) is 6.63. The number of ether oxygens (including phenoxy) is 2. The molecule has 1 saturated carbocycles. The smallest absolute Gasteiger partial charge is 0.251 e. The molecule has 0 heterocycles. The summed E-state index contributed by atoms with van der Waals surface area (Å²) >= 11 is 0. The van der Waals surface area contributed by atoms with E-state index in [1.165, 1.54) is 12.8 Å². The van der Waals surface area contributed by atoms with Gasteiger partial charge in [-0.15, -0.1) is 0 Å². The molecule has 25 heavy (non-hydrogen) atoms. The molecule has 1 aliphatic rings. The lowest BCUT2D eigenvalue weighted by Crippen LogP contribution is -2.52. The van der Waals surface area contributed by atoms with Crippen molar-refractivity contribution < 1.29 is 14.3 Å². The summed E-state index contributed by atoms with van der Waals surface area (Å²) < 4.78 is 11.5. The van der Waals surface area contributed by atoms with Crippen molar-refractivity contribution in [2.24, 2.45) is 11.7 Å². The van der Waals surface area contributed by atoms with Crippen molar-refractivity contribution in [3.8, 4) is 11.5 Å². The van der Waals surface area contributed by atoms with E-state index in [-0.39, 0.29) is 12.0 Å². The maximum absolute atomic E-state index is 12.7. The van der Waals surface area contributed by atoms with Gasteiger partial charge in [-0.2, -0.15) is 0 Å². The van der Waals surface area contributed by atoms with Crippen molar-refractivity contribution in [1.29, 1.82) is 0 Å². The molecule has 1 unspecified atom stereocenters. The zero-order valence-corrected chi connectivity index (χ0v) is 15.9. The first-order chi connectivity index (χ1) is 11.9. The number of benzene rings is 1. The highest BCUT2D eigenvalue weighted by atomic mass is 16.5. The van der Waals surface area contributed by atoms with Crippen molar-refractivity contribution in [3.63, 3.8) is 0 Å². The van der Waals surface area contributed by atoms with Crippen LogP contribution in [-0.4, -0.2) is 31.2 Å². The van der Waals surface area contributed by atoms with Gasteiger partial charge in [0.2, 0.25) is 0 Å². The number of carbonyl (C=O) groups is 1. The number of nitrogens with one attached hydrogen (secondary N) is 1. The number of rotatable bonds is 8. The molecule has 1 amide bonds.